The number of hydrogen-bond acceptors (Lipinski definition) is 6. The average Bonchev–Trinajstić information content (AvgIpc) is 2.70. The third kappa shape index (κ3) is 4.15. The number of hydrogen-bond donors (Lipinski definition) is 0. The van der Waals surface area contributed by atoms with Gasteiger partial charge in [-0.3, -0.25) is 0 Å². The Hall–Kier alpha value is -1.35. The van der Waals surface area contributed by atoms with Crippen molar-refractivity contribution >= 4 is 10.0 Å². The maximum Gasteiger partial charge on any atom is 0.243 e. The van der Waals surface area contributed by atoms with Gasteiger partial charge in [0.1, 0.15) is 0 Å². The molecule has 0 unspecified atom stereocenters. The molecule has 28 heavy (non-hydrogen) atoms. The summed E-state index contributed by atoms with van der Waals surface area (Å²) < 4.78 is 50.3. The Bertz CT molecular complexity index is 787. The van der Waals surface area contributed by atoms with Crippen molar-refractivity contribution in [3.8, 4) is 11.5 Å². The summed E-state index contributed by atoms with van der Waals surface area (Å²) in [4.78, 5) is 0.194. The average molecular weight is 414 g/mol. The van der Waals surface area contributed by atoms with Crippen LogP contribution in [0.2, 0.25) is 0 Å². The maximum absolute atomic E-state index is 13.1. The van der Waals surface area contributed by atoms with Crippen LogP contribution in [0.25, 0.3) is 0 Å². The van der Waals surface area contributed by atoms with Gasteiger partial charge >= 0.3 is 0 Å². The molecule has 0 radical (unpaired) electrons. The van der Waals surface area contributed by atoms with Crippen LogP contribution in [0.4, 0.5) is 0 Å². The summed E-state index contributed by atoms with van der Waals surface area (Å²) in [6, 6.07) is 4.57. The Balaban J connectivity index is 1.70. The monoisotopic (exact) mass is 413 g/mol. The van der Waals surface area contributed by atoms with E-state index >= 15 is 0 Å². The van der Waals surface area contributed by atoms with Crippen molar-refractivity contribution in [3.05, 3.63) is 18.2 Å². The molecule has 0 bridgehead atoms. The summed E-state index contributed by atoms with van der Waals surface area (Å²) in [7, 11) is 1.01. The number of methoxy groups -OCH3 is 2. The Morgan fingerprint density at radius 2 is 1.61 bits per heavy atom. The fourth-order valence-electron chi connectivity index (χ4n) is 3.77. The van der Waals surface area contributed by atoms with Gasteiger partial charge in [0, 0.05) is 37.4 Å². The lowest BCUT2D eigenvalue weighted by atomic mass is 9.87. The first-order valence-corrected chi connectivity index (χ1v) is 11.0. The predicted octanol–water partition coefficient (Wildman–Crippen LogP) is 3.04. The summed E-state index contributed by atoms with van der Waals surface area (Å²) in [5.74, 6) is 0.337. The molecule has 3 rings (SSSR count). The topological polar surface area (TPSA) is 74.3 Å². The SMILES string of the molecule is COc1ccc(S(=O)(=O)N(C)C2CCC3(CC2)OCC(C)(C)CO3)cc1OC. The molecule has 1 spiro atoms. The van der Waals surface area contributed by atoms with Gasteiger partial charge in [0.2, 0.25) is 10.0 Å². The molecule has 0 amide bonds. The Kier molecular flexibility index (Phi) is 5.96. The van der Waals surface area contributed by atoms with Gasteiger partial charge in [-0.05, 0) is 25.0 Å². The van der Waals surface area contributed by atoms with Crippen LogP contribution in [0.1, 0.15) is 39.5 Å². The number of benzene rings is 1. The molecular formula is C20H31NO6S. The molecule has 7 nitrogen and oxygen atoms in total. The molecule has 2 aliphatic rings. The first-order chi connectivity index (χ1) is 13.1. The van der Waals surface area contributed by atoms with Crippen molar-refractivity contribution in [2.24, 2.45) is 5.41 Å². The summed E-state index contributed by atoms with van der Waals surface area (Å²) in [5.41, 5.74) is 0.0235. The van der Waals surface area contributed by atoms with Gasteiger partial charge < -0.3 is 18.9 Å². The minimum Gasteiger partial charge on any atom is -0.493 e. The van der Waals surface area contributed by atoms with E-state index in [0.717, 1.165) is 0 Å². The van der Waals surface area contributed by atoms with Crippen molar-refractivity contribution in [1.29, 1.82) is 0 Å². The summed E-state index contributed by atoms with van der Waals surface area (Å²) in [6.45, 7) is 5.57. The zero-order valence-electron chi connectivity index (χ0n) is 17.4. The molecule has 1 aromatic rings. The number of nitrogens with zero attached hydrogens (tertiary/aromatic N) is 1. The fourth-order valence-corrected chi connectivity index (χ4v) is 5.20. The van der Waals surface area contributed by atoms with Crippen molar-refractivity contribution in [2.45, 2.75) is 56.3 Å². The molecular weight excluding hydrogens is 382 g/mol. The Morgan fingerprint density at radius 1 is 1.04 bits per heavy atom. The fraction of sp³-hybridized carbons (Fsp3) is 0.700. The quantitative estimate of drug-likeness (QED) is 0.739. The van der Waals surface area contributed by atoms with E-state index < -0.39 is 15.8 Å². The van der Waals surface area contributed by atoms with Crippen molar-refractivity contribution in [2.75, 3.05) is 34.5 Å². The molecule has 1 saturated carbocycles. The van der Waals surface area contributed by atoms with Crippen LogP contribution >= 0.6 is 0 Å². The second kappa shape index (κ2) is 7.82. The highest BCUT2D eigenvalue weighted by Gasteiger charge is 2.45. The lowest BCUT2D eigenvalue weighted by Crippen LogP contribution is -2.52. The second-order valence-electron chi connectivity index (χ2n) is 8.42. The van der Waals surface area contributed by atoms with Gasteiger partial charge in [-0.1, -0.05) is 13.8 Å². The van der Waals surface area contributed by atoms with E-state index in [0.29, 0.717) is 50.4 Å². The minimum absolute atomic E-state index is 0.0235. The largest absolute Gasteiger partial charge is 0.493 e. The van der Waals surface area contributed by atoms with Crippen LogP contribution in [0.5, 0.6) is 11.5 Å². The zero-order valence-corrected chi connectivity index (χ0v) is 18.2. The van der Waals surface area contributed by atoms with Gasteiger partial charge in [-0.2, -0.15) is 4.31 Å². The van der Waals surface area contributed by atoms with E-state index in [1.165, 1.54) is 24.6 Å². The van der Waals surface area contributed by atoms with Crippen molar-refractivity contribution < 1.29 is 27.4 Å². The molecule has 1 aromatic carbocycles. The summed E-state index contributed by atoms with van der Waals surface area (Å²) in [6.07, 6.45) is 2.78. The molecule has 0 aromatic heterocycles. The molecule has 158 valence electrons. The third-order valence-electron chi connectivity index (χ3n) is 5.72. The highest BCUT2D eigenvalue weighted by atomic mass is 32.2. The first kappa shape index (κ1) is 21.4. The molecule has 1 saturated heterocycles. The van der Waals surface area contributed by atoms with Crippen LogP contribution in [-0.2, 0) is 19.5 Å². The highest BCUT2D eigenvalue weighted by molar-refractivity contribution is 7.89. The van der Waals surface area contributed by atoms with Crippen LogP contribution in [0, 0.1) is 5.41 Å². The lowest BCUT2D eigenvalue weighted by Gasteiger charge is -2.47. The van der Waals surface area contributed by atoms with Gasteiger partial charge in [-0.15, -0.1) is 0 Å². The number of ether oxygens (including phenoxy) is 4. The van der Waals surface area contributed by atoms with Crippen molar-refractivity contribution in [1.82, 2.24) is 4.31 Å². The first-order valence-electron chi connectivity index (χ1n) is 9.60. The molecule has 8 heteroatoms. The minimum atomic E-state index is -3.64. The molecule has 1 aliphatic carbocycles. The lowest BCUT2D eigenvalue weighted by molar-refractivity contribution is -0.311. The molecule has 2 fully saturated rings. The van der Waals surface area contributed by atoms with Gasteiger partial charge in [0.25, 0.3) is 0 Å². The van der Waals surface area contributed by atoms with Gasteiger partial charge in [-0.25, -0.2) is 8.42 Å². The van der Waals surface area contributed by atoms with Crippen molar-refractivity contribution in [3.63, 3.8) is 0 Å². The van der Waals surface area contributed by atoms with E-state index in [9.17, 15) is 8.42 Å². The molecule has 1 heterocycles. The van der Waals surface area contributed by atoms with E-state index in [4.69, 9.17) is 18.9 Å². The second-order valence-corrected chi connectivity index (χ2v) is 10.4. The smallest absolute Gasteiger partial charge is 0.243 e. The van der Waals surface area contributed by atoms with Crippen LogP contribution in [-0.4, -0.2) is 59.0 Å². The van der Waals surface area contributed by atoms with Crippen LogP contribution < -0.4 is 9.47 Å². The third-order valence-corrected chi connectivity index (χ3v) is 7.62. The van der Waals surface area contributed by atoms with E-state index in [1.807, 2.05) is 0 Å². The zero-order chi connectivity index (χ0) is 20.6. The van der Waals surface area contributed by atoms with E-state index in [-0.39, 0.29) is 16.4 Å². The Morgan fingerprint density at radius 3 is 2.14 bits per heavy atom. The molecule has 0 atom stereocenters. The van der Waals surface area contributed by atoms with Gasteiger partial charge in [0.05, 0.1) is 32.3 Å². The number of sulfonamides is 1. The maximum atomic E-state index is 13.1. The Labute approximate surface area is 168 Å². The van der Waals surface area contributed by atoms with Gasteiger partial charge in [0.15, 0.2) is 17.3 Å². The van der Waals surface area contributed by atoms with E-state index in [2.05, 4.69) is 13.8 Å². The summed E-state index contributed by atoms with van der Waals surface area (Å²) in [5, 5.41) is 0. The van der Waals surface area contributed by atoms with Crippen LogP contribution in [0.15, 0.2) is 23.1 Å². The summed E-state index contributed by atoms with van der Waals surface area (Å²) >= 11 is 0. The standard InChI is InChI=1S/C20H31NO6S/c1-19(2)13-26-20(27-14-19)10-8-15(9-11-20)21(3)28(22,23)16-6-7-17(24-4)18(12-16)25-5/h6-7,12,15H,8-11,13-14H2,1-5H3. The van der Waals surface area contributed by atoms with E-state index in [1.54, 1.807) is 19.2 Å². The molecule has 0 N–H and O–H groups in total. The molecule has 1 aliphatic heterocycles. The normalized spacial score (nSPS) is 22.4. The number of rotatable bonds is 5. The van der Waals surface area contributed by atoms with Crippen LogP contribution in [0.3, 0.4) is 0 Å². The highest BCUT2D eigenvalue weighted by Crippen LogP contribution is 2.41. The predicted molar refractivity (Wildman–Crippen MR) is 105 cm³/mol.